The van der Waals surface area contributed by atoms with Crippen LogP contribution in [-0.4, -0.2) is 60.3 Å². The van der Waals surface area contributed by atoms with Gasteiger partial charge in [-0.3, -0.25) is 4.90 Å². The van der Waals surface area contributed by atoms with E-state index in [1.165, 1.54) is 45.2 Å². The number of aliphatic hydroxyl groups excluding tert-OH is 1. The first-order chi connectivity index (χ1) is 8.70. The number of aliphatic hydroxyl groups is 1. The van der Waals surface area contributed by atoms with Crippen molar-refractivity contribution in [1.82, 2.24) is 9.80 Å². The summed E-state index contributed by atoms with van der Waals surface area (Å²) in [5, 5.41) is 9.33. The van der Waals surface area contributed by atoms with Gasteiger partial charge in [-0.1, -0.05) is 26.2 Å². The lowest BCUT2D eigenvalue weighted by molar-refractivity contribution is 0.0800. The van der Waals surface area contributed by atoms with Crippen LogP contribution in [0.2, 0.25) is 0 Å². The van der Waals surface area contributed by atoms with E-state index >= 15 is 0 Å². The highest BCUT2D eigenvalue weighted by Crippen LogP contribution is 2.27. The first kappa shape index (κ1) is 14.3. The minimum atomic E-state index is 0.329. The Kier molecular flexibility index (Phi) is 5.46. The molecular weight excluding hydrogens is 224 g/mol. The fraction of sp³-hybridized carbons (Fsp3) is 1.00. The molecule has 0 spiro atoms. The second-order valence-corrected chi connectivity index (χ2v) is 6.48. The molecule has 0 amide bonds. The van der Waals surface area contributed by atoms with Crippen molar-refractivity contribution >= 4 is 0 Å². The minimum absolute atomic E-state index is 0.329. The Morgan fingerprint density at radius 1 is 1.06 bits per heavy atom. The molecule has 1 N–H and O–H groups in total. The standard InChI is InChI=1S/C15H30N2O/c1-13-10-16(2)12-15(8-9-18)17(11-13)14-6-4-3-5-7-14/h13-15,18H,3-12H2,1-2H3. The summed E-state index contributed by atoms with van der Waals surface area (Å²) < 4.78 is 0. The molecule has 1 saturated heterocycles. The third-order valence-electron chi connectivity index (χ3n) is 4.64. The van der Waals surface area contributed by atoms with E-state index in [0.29, 0.717) is 12.6 Å². The van der Waals surface area contributed by atoms with Crippen LogP contribution in [0.15, 0.2) is 0 Å². The topological polar surface area (TPSA) is 26.7 Å². The minimum Gasteiger partial charge on any atom is -0.396 e. The molecule has 2 fully saturated rings. The van der Waals surface area contributed by atoms with Crippen LogP contribution in [0.3, 0.4) is 0 Å². The zero-order valence-electron chi connectivity index (χ0n) is 12.1. The molecule has 2 aliphatic rings. The Hall–Kier alpha value is -0.120. The molecule has 0 aromatic heterocycles. The lowest BCUT2D eigenvalue weighted by Crippen LogP contribution is -2.47. The molecule has 1 saturated carbocycles. The number of likely N-dealkylation sites (N-methyl/N-ethyl adjacent to an activating group) is 1. The van der Waals surface area contributed by atoms with Crippen LogP contribution in [0.25, 0.3) is 0 Å². The molecule has 0 radical (unpaired) electrons. The molecule has 2 rings (SSSR count). The monoisotopic (exact) mass is 254 g/mol. The Balaban J connectivity index is 2.05. The van der Waals surface area contributed by atoms with Gasteiger partial charge in [-0.25, -0.2) is 0 Å². The van der Waals surface area contributed by atoms with E-state index in [4.69, 9.17) is 0 Å². The van der Waals surface area contributed by atoms with Crippen LogP contribution in [0.5, 0.6) is 0 Å². The first-order valence-electron chi connectivity index (χ1n) is 7.76. The van der Waals surface area contributed by atoms with Gasteiger partial charge in [-0.15, -0.1) is 0 Å². The van der Waals surface area contributed by atoms with E-state index in [9.17, 15) is 5.11 Å². The summed E-state index contributed by atoms with van der Waals surface area (Å²) in [7, 11) is 2.23. The maximum atomic E-state index is 9.33. The summed E-state index contributed by atoms with van der Waals surface area (Å²) in [6, 6.07) is 1.34. The molecule has 18 heavy (non-hydrogen) atoms. The van der Waals surface area contributed by atoms with Crippen molar-refractivity contribution < 1.29 is 5.11 Å². The molecule has 1 aliphatic carbocycles. The largest absolute Gasteiger partial charge is 0.396 e. The SMILES string of the molecule is CC1CN(C)CC(CCO)N(C2CCCCC2)C1. The van der Waals surface area contributed by atoms with Crippen molar-refractivity contribution in [2.24, 2.45) is 5.92 Å². The van der Waals surface area contributed by atoms with Gasteiger partial charge in [0.1, 0.15) is 0 Å². The molecule has 2 unspecified atom stereocenters. The fourth-order valence-electron chi connectivity index (χ4n) is 3.90. The Morgan fingerprint density at radius 2 is 1.78 bits per heavy atom. The second kappa shape index (κ2) is 6.88. The smallest absolute Gasteiger partial charge is 0.0446 e. The molecule has 3 nitrogen and oxygen atoms in total. The van der Waals surface area contributed by atoms with E-state index in [1.807, 2.05) is 0 Å². The number of rotatable bonds is 3. The predicted molar refractivity (Wildman–Crippen MR) is 75.7 cm³/mol. The maximum Gasteiger partial charge on any atom is 0.0446 e. The molecule has 0 aromatic rings. The molecule has 2 atom stereocenters. The summed E-state index contributed by atoms with van der Waals surface area (Å²) in [6.45, 7) is 6.25. The average Bonchev–Trinajstić information content (AvgIpc) is 2.49. The van der Waals surface area contributed by atoms with E-state index in [0.717, 1.165) is 24.9 Å². The molecule has 0 aromatic carbocycles. The molecule has 0 bridgehead atoms. The van der Waals surface area contributed by atoms with Gasteiger partial charge in [0.15, 0.2) is 0 Å². The molecule has 106 valence electrons. The maximum absolute atomic E-state index is 9.33. The van der Waals surface area contributed by atoms with Crippen LogP contribution >= 0.6 is 0 Å². The van der Waals surface area contributed by atoms with Gasteiger partial charge >= 0.3 is 0 Å². The zero-order valence-corrected chi connectivity index (χ0v) is 12.1. The van der Waals surface area contributed by atoms with Gasteiger partial charge in [0, 0.05) is 38.3 Å². The molecule has 3 heteroatoms. The van der Waals surface area contributed by atoms with Gasteiger partial charge in [0.2, 0.25) is 0 Å². The van der Waals surface area contributed by atoms with Crippen LogP contribution in [0.4, 0.5) is 0 Å². The predicted octanol–water partition coefficient (Wildman–Crippen LogP) is 1.95. The molecule has 1 heterocycles. The molecular formula is C15H30N2O. The van der Waals surface area contributed by atoms with Crippen molar-refractivity contribution in [1.29, 1.82) is 0 Å². The van der Waals surface area contributed by atoms with Gasteiger partial charge in [-0.05, 0) is 32.2 Å². The van der Waals surface area contributed by atoms with Crippen LogP contribution in [0, 0.1) is 5.92 Å². The van der Waals surface area contributed by atoms with E-state index in [1.54, 1.807) is 0 Å². The van der Waals surface area contributed by atoms with Gasteiger partial charge in [-0.2, -0.15) is 0 Å². The van der Waals surface area contributed by atoms with Crippen LogP contribution in [-0.2, 0) is 0 Å². The number of nitrogens with zero attached hydrogens (tertiary/aromatic N) is 2. The highest BCUT2D eigenvalue weighted by Gasteiger charge is 2.31. The summed E-state index contributed by atoms with van der Waals surface area (Å²) in [5.74, 6) is 0.751. The summed E-state index contributed by atoms with van der Waals surface area (Å²) in [5.41, 5.74) is 0. The second-order valence-electron chi connectivity index (χ2n) is 6.48. The first-order valence-corrected chi connectivity index (χ1v) is 7.76. The normalized spacial score (nSPS) is 33.5. The number of hydrogen-bond acceptors (Lipinski definition) is 3. The number of hydrogen-bond donors (Lipinski definition) is 1. The quantitative estimate of drug-likeness (QED) is 0.834. The third-order valence-corrected chi connectivity index (χ3v) is 4.64. The van der Waals surface area contributed by atoms with Gasteiger partial charge in [0.05, 0.1) is 0 Å². The highest BCUT2D eigenvalue weighted by molar-refractivity contribution is 4.87. The summed E-state index contributed by atoms with van der Waals surface area (Å²) >= 11 is 0. The van der Waals surface area contributed by atoms with Crippen molar-refractivity contribution in [2.75, 3.05) is 33.3 Å². The van der Waals surface area contributed by atoms with Gasteiger partial charge in [0.25, 0.3) is 0 Å². The Morgan fingerprint density at radius 3 is 2.44 bits per heavy atom. The van der Waals surface area contributed by atoms with Crippen molar-refractivity contribution in [2.45, 2.75) is 57.5 Å². The molecule has 1 aliphatic heterocycles. The third kappa shape index (κ3) is 3.69. The van der Waals surface area contributed by atoms with Crippen molar-refractivity contribution in [3.8, 4) is 0 Å². The Bertz CT molecular complexity index is 241. The fourth-order valence-corrected chi connectivity index (χ4v) is 3.90. The summed E-state index contributed by atoms with van der Waals surface area (Å²) in [4.78, 5) is 5.19. The highest BCUT2D eigenvalue weighted by atomic mass is 16.3. The van der Waals surface area contributed by atoms with Gasteiger partial charge < -0.3 is 10.0 Å². The lowest BCUT2D eigenvalue weighted by atomic mass is 9.92. The van der Waals surface area contributed by atoms with E-state index < -0.39 is 0 Å². The van der Waals surface area contributed by atoms with Crippen molar-refractivity contribution in [3.05, 3.63) is 0 Å². The summed E-state index contributed by atoms with van der Waals surface area (Å²) in [6.07, 6.45) is 7.91. The Labute approximate surface area is 112 Å². The van der Waals surface area contributed by atoms with Crippen LogP contribution < -0.4 is 0 Å². The van der Waals surface area contributed by atoms with E-state index in [-0.39, 0.29) is 0 Å². The average molecular weight is 254 g/mol. The zero-order chi connectivity index (χ0) is 13.0. The lowest BCUT2D eigenvalue weighted by Gasteiger charge is -2.39. The van der Waals surface area contributed by atoms with Crippen LogP contribution in [0.1, 0.15) is 45.4 Å². The van der Waals surface area contributed by atoms with Crippen molar-refractivity contribution in [3.63, 3.8) is 0 Å². The van der Waals surface area contributed by atoms with E-state index in [2.05, 4.69) is 23.8 Å².